The second-order valence-corrected chi connectivity index (χ2v) is 9.91. The molecule has 0 aliphatic carbocycles. The van der Waals surface area contributed by atoms with Crippen LogP contribution in [0.2, 0.25) is 0 Å². The first-order valence-electron chi connectivity index (χ1n) is 11.2. The normalized spacial score (nSPS) is 13.9. The van der Waals surface area contributed by atoms with Crippen LogP contribution in [0.15, 0.2) is 77.7 Å². The number of hydrogen-bond donors (Lipinski definition) is 1. The minimum atomic E-state index is -4.04. The number of aryl methyl sites for hydroxylation is 1. The zero-order valence-electron chi connectivity index (χ0n) is 19.4. The lowest BCUT2D eigenvalue weighted by molar-refractivity contribution is -0.123. The van der Waals surface area contributed by atoms with Crippen LogP contribution in [0.5, 0.6) is 5.75 Å². The van der Waals surface area contributed by atoms with Crippen LogP contribution in [0.3, 0.4) is 0 Å². The Balaban J connectivity index is 1.58. The number of nitrogens with zero attached hydrogens (tertiary/aromatic N) is 1. The van der Waals surface area contributed by atoms with Gasteiger partial charge < -0.3 is 14.8 Å². The molecule has 0 fully saturated rings. The van der Waals surface area contributed by atoms with Crippen LogP contribution in [-0.4, -0.2) is 40.1 Å². The molecule has 1 heterocycles. The molecule has 3 aromatic carbocycles. The number of anilines is 2. The van der Waals surface area contributed by atoms with E-state index >= 15 is 0 Å². The van der Waals surface area contributed by atoms with Crippen molar-refractivity contribution in [2.24, 2.45) is 0 Å². The smallest absolute Gasteiger partial charge is 0.338 e. The first-order chi connectivity index (χ1) is 16.8. The molecule has 1 aliphatic rings. The average Bonchev–Trinajstić information content (AvgIpc) is 2.88. The second-order valence-electron chi connectivity index (χ2n) is 8.08. The standard InChI is InChI=1S/C26H26N2O6S/c1-18(25(29)27-21-11-4-3-5-12-21)34-26(30)20-14-15-23(33-2)24(17-20)35(31,32)28-16-8-10-19-9-6-7-13-22(19)28/h3-7,9,11-15,17-18H,8,10,16H2,1-2H3,(H,27,29)/t18-/m0/s1. The quantitative estimate of drug-likeness (QED) is 0.498. The Bertz CT molecular complexity index is 1340. The van der Waals surface area contributed by atoms with Crippen LogP contribution < -0.4 is 14.4 Å². The van der Waals surface area contributed by atoms with E-state index in [1.54, 1.807) is 36.4 Å². The molecule has 182 valence electrons. The van der Waals surface area contributed by atoms with Crippen LogP contribution in [0.4, 0.5) is 11.4 Å². The molecule has 0 spiro atoms. The molecular formula is C26H26N2O6S. The van der Waals surface area contributed by atoms with Crippen molar-refractivity contribution >= 4 is 33.3 Å². The fourth-order valence-corrected chi connectivity index (χ4v) is 5.65. The molecule has 9 heteroatoms. The lowest BCUT2D eigenvalue weighted by atomic mass is 10.0. The molecule has 1 atom stereocenters. The number of benzene rings is 3. The maximum absolute atomic E-state index is 13.7. The fourth-order valence-electron chi connectivity index (χ4n) is 3.92. The fraction of sp³-hybridized carbons (Fsp3) is 0.231. The highest BCUT2D eigenvalue weighted by Gasteiger charge is 2.32. The molecule has 0 bridgehead atoms. The van der Waals surface area contributed by atoms with Gasteiger partial charge in [0, 0.05) is 12.2 Å². The largest absolute Gasteiger partial charge is 0.495 e. The first-order valence-corrected chi connectivity index (χ1v) is 12.6. The zero-order valence-corrected chi connectivity index (χ0v) is 20.2. The number of sulfonamides is 1. The summed E-state index contributed by atoms with van der Waals surface area (Å²) in [6, 6.07) is 20.2. The van der Waals surface area contributed by atoms with Gasteiger partial charge >= 0.3 is 5.97 Å². The average molecular weight is 495 g/mol. The lowest BCUT2D eigenvalue weighted by Gasteiger charge is -2.31. The van der Waals surface area contributed by atoms with E-state index in [1.165, 1.54) is 36.5 Å². The third-order valence-electron chi connectivity index (χ3n) is 5.73. The number of amides is 1. The molecule has 0 unspecified atom stereocenters. The summed E-state index contributed by atoms with van der Waals surface area (Å²) in [5.74, 6) is -1.21. The summed E-state index contributed by atoms with van der Waals surface area (Å²) in [5.41, 5.74) is 2.11. The molecule has 0 radical (unpaired) electrons. The molecule has 0 aromatic heterocycles. The van der Waals surface area contributed by atoms with Gasteiger partial charge in [0.2, 0.25) is 0 Å². The van der Waals surface area contributed by atoms with E-state index in [9.17, 15) is 18.0 Å². The second kappa shape index (κ2) is 10.2. The van der Waals surface area contributed by atoms with Gasteiger partial charge in [0.25, 0.3) is 15.9 Å². The molecule has 8 nitrogen and oxygen atoms in total. The number of nitrogens with one attached hydrogen (secondary N) is 1. The van der Waals surface area contributed by atoms with E-state index in [-0.39, 0.29) is 16.2 Å². The van der Waals surface area contributed by atoms with E-state index in [2.05, 4.69) is 5.32 Å². The lowest BCUT2D eigenvalue weighted by Crippen LogP contribution is -2.35. The number of ether oxygens (including phenoxy) is 2. The van der Waals surface area contributed by atoms with Crippen molar-refractivity contribution in [2.75, 3.05) is 23.3 Å². The zero-order chi connectivity index (χ0) is 25.0. The number of hydrogen-bond acceptors (Lipinski definition) is 6. The monoisotopic (exact) mass is 494 g/mol. The van der Waals surface area contributed by atoms with Crippen LogP contribution in [0.1, 0.15) is 29.3 Å². The van der Waals surface area contributed by atoms with Crippen molar-refractivity contribution in [2.45, 2.75) is 30.8 Å². The van der Waals surface area contributed by atoms with Gasteiger partial charge in [-0.15, -0.1) is 0 Å². The number of methoxy groups -OCH3 is 1. The molecule has 1 N–H and O–H groups in total. The van der Waals surface area contributed by atoms with E-state index in [0.29, 0.717) is 24.3 Å². The van der Waals surface area contributed by atoms with Crippen LogP contribution >= 0.6 is 0 Å². The summed E-state index contributed by atoms with van der Waals surface area (Å²) in [6.07, 6.45) is 0.363. The minimum Gasteiger partial charge on any atom is -0.495 e. The topological polar surface area (TPSA) is 102 Å². The third-order valence-corrected chi connectivity index (χ3v) is 7.56. The van der Waals surface area contributed by atoms with Gasteiger partial charge in [-0.2, -0.15) is 0 Å². The van der Waals surface area contributed by atoms with E-state index in [0.717, 1.165) is 12.0 Å². The van der Waals surface area contributed by atoms with Crippen LogP contribution in [-0.2, 0) is 26.0 Å². The van der Waals surface area contributed by atoms with Crippen LogP contribution in [0.25, 0.3) is 0 Å². The molecule has 0 saturated carbocycles. The summed E-state index contributed by atoms with van der Waals surface area (Å²) in [7, 11) is -2.67. The highest BCUT2D eigenvalue weighted by molar-refractivity contribution is 7.93. The third kappa shape index (κ3) is 5.14. The van der Waals surface area contributed by atoms with Gasteiger partial charge in [-0.3, -0.25) is 9.10 Å². The molecule has 4 rings (SSSR count). The molecular weight excluding hydrogens is 468 g/mol. The van der Waals surface area contributed by atoms with Gasteiger partial charge in [0.1, 0.15) is 10.6 Å². The number of fused-ring (bicyclic) bond motifs is 1. The van der Waals surface area contributed by atoms with Crippen molar-refractivity contribution in [3.8, 4) is 5.75 Å². The van der Waals surface area contributed by atoms with Crippen molar-refractivity contribution in [1.82, 2.24) is 0 Å². The van der Waals surface area contributed by atoms with Gasteiger partial charge in [-0.25, -0.2) is 13.2 Å². The molecule has 1 amide bonds. The summed E-state index contributed by atoms with van der Waals surface area (Å²) in [6.45, 7) is 1.76. The van der Waals surface area contributed by atoms with Gasteiger partial charge in [0.15, 0.2) is 6.10 Å². The van der Waals surface area contributed by atoms with Crippen LogP contribution in [0, 0.1) is 0 Å². The Morgan fingerprint density at radius 3 is 2.46 bits per heavy atom. The Morgan fingerprint density at radius 2 is 1.71 bits per heavy atom. The molecule has 1 aliphatic heterocycles. The number of para-hydroxylation sites is 2. The number of carbonyl (C=O) groups is 2. The summed E-state index contributed by atoms with van der Waals surface area (Å²) in [4.78, 5) is 25.1. The van der Waals surface area contributed by atoms with Crippen molar-refractivity contribution in [3.05, 3.63) is 83.9 Å². The molecule has 3 aromatic rings. The van der Waals surface area contributed by atoms with Gasteiger partial charge in [0.05, 0.1) is 18.4 Å². The summed E-state index contributed by atoms with van der Waals surface area (Å²) >= 11 is 0. The maximum atomic E-state index is 13.7. The highest BCUT2D eigenvalue weighted by Crippen LogP contribution is 2.35. The first kappa shape index (κ1) is 24.3. The molecule has 0 saturated heterocycles. The Kier molecular flexibility index (Phi) is 7.07. The number of esters is 1. The van der Waals surface area contributed by atoms with Crippen molar-refractivity contribution in [3.63, 3.8) is 0 Å². The van der Waals surface area contributed by atoms with E-state index < -0.39 is 28.0 Å². The number of carbonyl (C=O) groups excluding carboxylic acids is 2. The van der Waals surface area contributed by atoms with E-state index in [4.69, 9.17) is 9.47 Å². The minimum absolute atomic E-state index is 0.00553. The highest BCUT2D eigenvalue weighted by atomic mass is 32.2. The van der Waals surface area contributed by atoms with E-state index in [1.807, 2.05) is 18.2 Å². The summed E-state index contributed by atoms with van der Waals surface area (Å²) < 4.78 is 39.3. The summed E-state index contributed by atoms with van der Waals surface area (Å²) in [5, 5.41) is 2.67. The SMILES string of the molecule is COc1ccc(C(=O)O[C@@H](C)C(=O)Nc2ccccc2)cc1S(=O)(=O)N1CCCc2ccccc21. The Morgan fingerprint density at radius 1 is 1.00 bits per heavy atom. The van der Waals surface area contributed by atoms with Gasteiger partial charge in [-0.05, 0) is 61.7 Å². The Labute approximate surface area is 204 Å². The Hall–Kier alpha value is -3.85. The molecule has 35 heavy (non-hydrogen) atoms. The van der Waals surface area contributed by atoms with Crippen molar-refractivity contribution in [1.29, 1.82) is 0 Å². The predicted molar refractivity (Wildman–Crippen MR) is 132 cm³/mol. The maximum Gasteiger partial charge on any atom is 0.338 e. The predicted octanol–water partition coefficient (Wildman–Crippen LogP) is 4.02. The van der Waals surface area contributed by atoms with Crippen molar-refractivity contribution < 1.29 is 27.5 Å². The van der Waals surface area contributed by atoms with Gasteiger partial charge in [-0.1, -0.05) is 36.4 Å². The number of rotatable bonds is 7.